The quantitative estimate of drug-likeness (QED) is 0.572. The van der Waals surface area contributed by atoms with E-state index in [9.17, 15) is 10.1 Å². The van der Waals surface area contributed by atoms with Crippen molar-refractivity contribution in [3.05, 3.63) is 75.3 Å². The van der Waals surface area contributed by atoms with Gasteiger partial charge >= 0.3 is 0 Å². The molecule has 0 radical (unpaired) electrons. The number of nitro benzene ring substituents is 1. The number of benzene rings is 2. The lowest BCUT2D eigenvalue weighted by atomic mass is 10.00. The van der Waals surface area contributed by atoms with Gasteiger partial charge in [0.1, 0.15) is 17.4 Å². The molecule has 3 heterocycles. The first-order valence-corrected chi connectivity index (χ1v) is 8.83. The highest BCUT2D eigenvalue weighted by Gasteiger charge is 2.34. The summed E-state index contributed by atoms with van der Waals surface area (Å²) in [5.74, 6) is 2.53. The first kappa shape index (κ1) is 18.2. The van der Waals surface area contributed by atoms with Crippen LogP contribution >= 0.6 is 12.4 Å². The molecule has 0 unspecified atom stereocenters. The Bertz CT molecular complexity index is 1040. The number of para-hydroxylation sites is 1. The van der Waals surface area contributed by atoms with Crippen LogP contribution in [0.3, 0.4) is 0 Å². The summed E-state index contributed by atoms with van der Waals surface area (Å²) >= 11 is 0. The number of aliphatic imine (C=N–C) groups is 2. The van der Waals surface area contributed by atoms with E-state index >= 15 is 0 Å². The standard InChI is InChI=1S/C20H16N4O3.ClH/c25-24(26)14-7-5-13(6-8-14)19-22-18-15-3-1-2-4-17(15)27-12-9-16(18)20-21-10-11-23(19)20;/h1-8H,9-12H2;1H. The predicted molar refractivity (Wildman–Crippen MR) is 109 cm³/mol. The molecule has 3 aliphatic heterocycles. The maximum absolute atomic E-state index is 11.0. The van der Waals surface area contributed by atoms with Crippen molar-refractivity contribution in [2.24, 2.45) is 9.98 Å². The van der Waals surface area contributed by atoms with Gasteiger partial charge < -0.3 is 9.64 Å². The van der Waals surface area contributed by atoms with Gasteiger partial charge in [-0.05, 0) is 24.3 Å². The van der Waals surface area contributed by atoms with Crippen LogP contribution in [0.5, 0.6) is 5.75 Å². The van der Waals surface area contributed by atoms with Crippen LogP contribution in [0, 0.1) is 10.1 Å². The number of rotatable bonds is 2. The molecule has 2 aromatic rings. The van der Waals surface area contributed by atoms with E-state index in [1.54, 1.807) is 12.1 Å². The molecule has 0 N–H and O–H groups in total. The Balaban J connectivity index is 0.00000192. The van der Waals surface area contributed by atoms with Gasteiger partial charge in [0.15, 0.2) is 0 Å². The second-order valence-corrected chi connectivity index (χ2v) is 6.52. The molecular formula is C20H17ClN4O3. The molecule has 0 aliphatic carbocycles. The summed E-state index contributed by atoms with van der Waals surface area (Å²) in [7, 11) is 0. The molecule has 0 saturated heterocycles. The molecule has 8 heteroatoms. The number of amidine groups is 2. The molecule has 0 bridgehead atoms. The Labute approximate surface area is 167 Å². The molecule has 0 amide bonds. The summed E-state index contributed by atoms with van der Waals surface area (Å²) in [6.45, 7) is 2.05. The van der Waals surface area contributed by atoms with Crippen molar-refractivity contribution in [3.8, 4) is 5.75 Å². The van der Waals surface area contributed by atoms with Crippen LogP contribution in [0.2, 0.25) is 0 Å². The lowest BCUT2D eigenvalue weighted by Gasteiger charge is -2.29. The van der Waals surface area contributed by atoms with Crippen LogP contribution in [-0.4, -0.2) is 41.2 Å². The molecule has 0 atom stereocenters. The van der Waals surface area contributed by atoms with E-state index in [4.69, 9.17) is 14.7 Å². The smallest absolute Gasteiger partial charge is 0.269 e. The highest BCUT2D eigenvalue weighted by Crippen LogP contribution is 2.38. The van der Waals surface area contributed by atoms with E-state index < -0.39 is 4.92 Å². The average Bonchev–Trinajstić information content (AvgIpc) is 3.11. The van der Waals surface area contributed by atoms with Crippen LogP contribution in [0.25, 0.3) is 5.70 Å². The van der Waals surface area contributed by atoms with Crippen molar-refractivity contribution in [1.82, 2.24) is 4.90 Å². The molecule has 28 heavy (non-hydrogen) atoms. The Morgan fingerprint density at radius 1 is 1.07 bits per heavy atom. The van der Waals surface area contributed by atoms with Crippen molar-refractivity contribution < 1.29 is 9.66 Å². The van der Waals surface area contributed by atoms with Crippen LogP contribution in [0.1, 0.15) is 17.5 Å². The van der Waals surface area contributed by atoms with Crippen molar-refractivity contribution >= 4 is 35.5 Å². The molecular weight excluding hydrogens is 380 g/mol. The maximum Gasteiger partial charge on any atom is 0.269 e. The van der Waals surface area contributed by atoms with Gasteiger partial charge in [0.2, 0.25) is 0 Å². The molecule has 0 spiro atoms. The minimum atomic E-state index is -0.394. The monoisotopic (exact) mass is 396 g/mol. The van der Waals surface area contributed by atoms with Gasteiger partial charge in [0.05, 0.1) is 23.8 Å². The van der Waals surface area contributed by atoms with Crippen molar-refractivity contribution in [3.63, 3.8) is 0 Å². The second kappa shape index (κ2) is 7.09. The van der Waals surface area contributed by atoms with Gasteiger partial charge in [-0.15, -0.1) is 12.4 Å². The second-order valence-electron chi connectivity index (χ2n) is 6.52. The molecule has 2 aromatic carbocycles. The zero-order valence-electron chi connectivity index (χ0n) is 14.9. The lowest BCUT2D eigenvalue weighted by molar-refractivity contribution is -0.384. The summed E-state index contributed by atoms with van der Waals surface area (Å²) in [6, 6.07) is 14.4. The van der Waals surface area contributed by atoms with Crippen LogP contribution in [0.4, 0.5) is 5.69 Å². The van der Waals surface area contributed by atoms with Gasteiger partial charge in [-0.25, -0.2) is 4.99 Å². The fraction of sp³-hybridized carbons (Fsp3) is 0.200. The zero-order valence-corrected chi connectivity index (χ0v) is 15.7. The summed E-state index contributed by atoms with van der Waals surface area (Å²) in [5.41, 5.74) is 3.85. The lowest BCUT2D eigenvalue weighted by Crippen LogP contribution is -2.38. The summed E-state index contributed by atoms with van der Waals surface area (Å²) < 4.78 is 5.91. The van der Waals surface area contributed by atoms with E-state index in [0.717, 1.165) is 52.8 Å². The Morgan fingerprint density at radius 2 is 1.86 bits per heavy atom. The third kappa shape index (κ3) is 2.84. The van der Waals surface area contributed by atoms with E-state index in [2.05, 4.69) is 4.90 Å². The van der Waals surface area contributed by atoms with Gasteiger partial charge in [-0.1, -0.05) is 12.1 Å². The number of hydrogen-bond donors (Lipinski definition) is 0. The average molecular weight is 397 g/mol. The highest BCUT2D eigenvalue weighted by atomic mass is 35.5. The number of hydrogen-bond acceptors (Lipinski definition) is 6. The van der Waals surface area contributed by atoms with Crippen molar-refractivity contribution in [2.75, 3.05) is 19.7 Å². The maximum atomic E-state index is 11.0. The Kier molecular flexibility index (Phi) is 4.60. The highest BCUT2D eigenvalue weighted by molar-refractivity contribution is 6.22. The summed E-state index contributed by atoms with van der Waals surface area (Å²) in [5, 5.41) is 11.0. The molecule has 0 fully saturated rings. The van der Waals surface area contributed by atoms with Crippen LogP contribution in [-0.2, 0) is 0 Å². The zero-order chi connectivity index (χ0) is 18.4. The summed E-state index contributed by atoms with van der Waals surface area (Å²) in [4.78, 5) is 22.4. The van der Waals surface area contributed by atoms with E-state index in [1.165, 1.54) is 12.1 Å². The third-order valence-electron chi connectivity index (χ3n) is 4.96. The number of non-ortho nitro benzene ring substituents is 1. The fourth-order valence-electron chi connectivity index (χ4n) is 3.71. The first-order chi connectivity index (χ1) is 13.2. The molecule has 3 aliphatic rings. The van der Waals surface area contributed by atoms with Gasteiger partial charge in [0.25, 0.3) is 5.69 Å². The minimum Gasteiger partial charge on any atom is -0.493 e. The Morgan fingerprint density at radius 3 is 2.64 bits per heavy atom. The molecule has 0 aromatic heterocycles. The number of halogens is 1. The summed E-state index contributed by atoms with van der Waals surface area (Å²) in [6.07, 6.45) is 0.746. The number of nitro groups is 1. The minimum absolute atomic E-state index is 0. The molecule has 7 nitrogen and oxygen atoms in total. The van der Waals surface area contributed by atoms with Crippen molar-refractivity contribution in [1.29, 1.82) is 0 Å². The molecule has 0 saturated carbocycles. The van der Waals surface area contributed by atoms with Crippen LogP contribution < -0.4 is 4.74 Å². The Hall–Kier alpha value is -3.19. The number of fused-ring (bicyclic) bond motifs is 4. The predicted octanol–water partition coefficient (Wildman–Crippen LogP) is 3.68. The third-order valence-corrected chi connectivity index (χ3v) is 4.96. The van der Waals surface area contributed by atoms with E-state index in [0.29, 0.717) is 13.2 Å². The first-order valence-electron chi connectivity index (χ1n) is 8.83. The fourth-order valence-corrected chi connectivity index (χ4v) is 3.71. The normalized spacial score (nSPS) is 17.2. The molecule has 142 valence electrons. The number of nitrogens with zero attached hydrogens (tertiary/aromatic N) is 4. The van der Waals surface area contributed by atoms with Crippen molar-refractivity contribution in [2.45, 2.75) is 6.42 Å². The largest absolute Gasteiger partial charge is 0.493 e. The van der Waals surface area contributed by atoms with Crippen LogP contribution in [0.15, 0.2) is 64.1 Å². The SMILES string of the molecule is Cl.O=[N+]([O-])c1ccc(C2=NC3=C(CCOc4ccccc43)C3=NCCN32)cc1. The van der Waals surface area contributed by atoms with Gasteiger partial charge in [-0.3, -0.25) is 15.1 Å². The van der Waals surface area contributed by atoms with E-state index in [-0.39, 0.29) is 18.1 Å². The van der Waals surface area contributed by atoms with Gasteiger partial charge in [-0.2, -0.15) is 0 Å². The molecule has 5 rings (SSSR count). The van der Waals surface area contributed by atoms with E-state index in [1.807, 2.05) is 24.3 Å². The number of ether oxygens (including phenoxy) is 1. The topological polar surface area (TPSA) is 80.3 Å². The van der Waals surface area contributed by atoms with Gasteiger partial charge in [0, 0.05) is 41.8 Å².